The number of carbonyl (C=O) groups is 2. The van der Waals surface area contributed by atoms with Crippen LogP contribution in [0.2, 0.25) is 0 Å². The Morgan fingerprint density at radius 2 is 1.67 bits per heavy atom. The van der Waals surface area contributed by atoms with Gasteiger partial charge in [-0.05, 0) is 7.05 Å². The standard InChI is InChI=1S/C7H10N2O2.ClH/c1-9-2-4-5(3-9)7(11)8-6(4)10;/h4-5H,2-3H2,1H3,(H,8,10,11);1H. The number of rotatable bonds is 0. The van der Waals surface area contributed by atoms with E-state index in [-0.39, 0.29) is 36.1 Å². The fourth-order valence-corrected chi connectivity index (χ4v) is 1.84. The molecular formula is C7H11ClN2O2. The van der Waals surface area contributed by atoms with Crippen molar-refractivity contribution < 1.29 is 9.59 Å². The van der Waals surface area contributed by atoms with Crippen molar-refractivity contribution in [1.82, 2.24) is 10.2 Å². The van der Waals surface area contributed by atoms with E-state index in [0.29, 0.717) is 0 Å². The zero-order valence-corrected chi connectivity index (χ0v) is 7.56. The molecule has 2 rings (SSSR count). The molecule has 2 heterocycles. The summed E-state index contributed by atoms with van der Waals surface area (Å²) in [5.74, 6) is -0.339. The summed E-state index contributed by atoms with van der Waals surface area (Å²) in [5, 5.41) is 2.33. The van der Waals surface area contributed by atoms with Gasteiger partial charge in [-0.25, -0.2) is 0 Å². The maximum atomic E-state index is 11.1. The number of likely N-dealkylation sites (tertiary alicyclic amines) is 1. The second-order valence-electron chi connectivity index (χ2n) is 3.29. The Morgan fingerprint density at radius 1 is 1.25 bits per heavy atom. The number of carbonyl (C=O) groups excluding carboxylic acids is 2. The van der Waals surface area contributed by atoms with E-state index in [2.05, 4.69) is 5.32 Å². The Hall–Kier alpha value is -0.610. The van der Waals surface area contributed by atoms with Crippen LogP contribution in [0, 0.1) is 11.8 Å². The summed E-state index contributed by atoms with van der Waals surface area (Å²) in [6.45, 7) is 1.45. The summed E-state index contributed by atoms with van der Waals surface area (Å²) in [7, 11) is 1.93. The van der Waals surface area contributed by atoms with Crippen LogP contribution in [0.25, 0.3) is 0 Å². The lowest BCUT2D eigenvalue weighted by molar-refractivity contribution is -0.126. The lowest BCUT2D eigenvalue weighted by Crippen LogP contribution is -2.29. The third-order valence-electron chi connectivity index (χ3n) is 2.42. The summed E-state index contributed by atoms with van der Waals surface area (Å²) >= 11 is 0. The van der Waals surface area contributed by atoms with Crippen molar-refractivity contribution in [3.8, 4) is 0 Å². The van der Waals surface area contributed by atoms with E-state index < -0.39 is 0 Å². The first-order valence-corrected chi connectivity index (χ1v) is 3.72. The molecule has 0 saturated carbocycles. The molecular weight excluding hydrogens is 180 g/mol. The average Bonchev–Trinajstić information content (AvgIpc) is 2.38. The van der Waals surface area contributed by atoms with Gasteiger partial charge in [-0.2, -0.15) is 0 Å². The Balaban J connectivity index is 0.000000720. The molecule has 0 aromatic carbocycles. The summed E-state index contributed by atoms with van der Waals surface area (Å²) in [4.78, 5) is 24.1. The van der Waals surface area contributed by atoms with Crippen LogP contribution in [0.15, 0.2) is 0 Å². The summed E-state index contributed by atoms with van der Waals surface area (Å²) in [5.41, 5.74) is 0. The third kappa shape index (κ3) is 1.21. The molecule has 2 atom stereocenters. The first-order chi connectivity index (χ1) is 5.18. The van der Waals surface area contributed by atoms with Gasteiger partial charge in [-0.3, -0.25) is 14.9 Å². The maximum absolute atomic E-state index is 11.1. The first kappa shape index (κ1) is 9.48. The lowest BCUT2D eigenvalue weighted by atomic mass is 10.00. The van der Waals surface area contributed by atoms with Crippen molar-refractivity contribution in [2.45, 2.75) is 0 Å². The van der Waals surface area contributed by atoms with Crippen molar-refractivity contribution in [2.24, 2.45) is 11.8 Å². The first-order valence-electron chi connectivity index (χ1n) is 3.72. The van der Waals surface area contributed by atoms with E-state index in [0.717, 1.165) is 13.1 Å². The molecule has 0 aliphatic carbocycles. The molecule has 2 aliphatic heterocycles. The van der Waals surface area contributed by atoms with Crippen LogP contribution in [-0.4, -0.2) is 36.9 Å². The molecule has 0 aromatic heterocycles. The summed E-state index contributed by atoms with van der Waals surface area (Å²) in [6, 6.07) is 0. The lowest BCUT2D eigenvalue weighted by Gasteiger charge is -2.06. The number of amides is 2. The monoisotopic (exact) mass is 190 g/mol. The van der Waals surface area contributed by atoms with Gasteiger partial charge in [-0.1, -0.05) is 0 Å². The van der Waals surface area contributed by atoms with Gasteiger partial charge >= 0.3 is 0 Å². The molecule has 2 aliphatic rings. The zero-order valence-electron chi connectivity index (χ0n) is 6.74. The SMILES string of the molecule is CN1CC2C(=O)NC(=O)C2C1.Cl. The van der Waals surface area contributed by atoms with Gasteiger partial charge in [0, 0.05) is 13.1 Å². The summed E-state index contributed by atoms with van der Waals surface area (Å²) < 4.78 is 0. The van der Waals surface area contributed by atoms with Crippen molar-refractivity contribution in [3.05, 3.63) is 0 Å². The molecule has 0 radical (unpaired) electrons. The molecule has 2 fully saturated rings. The van der Waals surface area contributed by atoms with Crippen molar-refractivity contribution >= 4 is 24.2 Å². The summed E-state index contributed by atoms with van der Waals surface area (Å²) in [6.07, 6.45) is 0. The van der Waals surface area contributed by atoms with Crippen molar-refractivity contribution in [3.63, 3.8) is 0 Å². The second kappa shape index (κ2) is 3.03. The smallest absolute Gasteiger partial charge is 0.231 e. The highest BCUT2D eigenvalue weighted by molar-refractivity contribution is 6.05. The van der Waals surface area contributed by atoms with Gasteiger partial charge in [0.15, 0.2) is 0 Å². The van der Waals surface area contributed by atoms with E-state index in [4.69, 9.17) is 0 Å². The molecule has 0 bridgehead atoms. The van der Waals surface area contributed by atoms with Gasteiger partial charge in [0.1, 0.15) is 0 Å². The van der Waals surface area contributed by atoms with Crippen molar-refractivity contribution in [2.75, 3.05) is 20.1 Å². The van der Waals surface area contributed by atoms with E-state index in [9.17, 15) is 9.59 Å². The Bertz CT molecular complexity index is 209. The van der Waals surface area contributed by atoms with E-state index in [1.165, 1.54) is 0 Å². The molecule has 12 heavy (non-hydrogen) atoms. The van der Waals surface area contributed by atoms with Crippen LogP contribution in [0.1, 0.15) is 0 Å². The van der Waals surface area contributed by atoms with Gasteiger partial charge in [0.2, 0.25) is 11.8 Å². The third-order valence-corrected chi connectivity index (χ3v) is 2.42. The number of imide groups is 1. The molecule has 2 unspecified atom stereocenters. The number of halogens is 1. The van der Waals surface area contributed by atoms with Gasteiger partial charge < -0.3 is 4.90 Å². The van der Waals surface area contributed by atoms with Gasteiger partial charge in [-0.15, -0.1) is 12.4 Å². The van der Waals surface area contributed by atoms with Crippen LogP contribution < -0.4 is 5.32 Å². The fraction of sp³-hybridized carbons (Fsp3) is 0.714. The molecule has 5 heteroatoms. The maximum Gasteiger partial charge on any atom is 0.231 e. The molecule has 2 amide bonds. The van der Waals surface area contributed by atoms with Crippen LogP contribution >= 0.6 is 12.4 Å². The Labute approximate surface area is 76.7 Å². The topological polar surface area (TPSA) is 49.4 Å². The van der Waals surface area contributed by atoms with Crippen LogP contribution in [0.3, 0.4) is 0 Å². The molecule has 0 spiro atoms. The molecule has 68 valence electrons. The fourth-order valence-electron chi connectivity index (χ4n) is 1.84. The predicted molar refractivity (Wildman–Crippen MR) is 44.9 cm³/mol. The van der Waals surface area contributed by atoms with Gasteiger partial charge in [0.05, 0.1) is 11.8 Å². The molecule has 1 N–H and O–H groups in total. The minimum Gasteiger partial charge on any atom is -0.305 e. The highest BCUT2D eigenvalue weighted by Crippen LogP contribution is 2.26. The van der Waals surface area contributed by atoms with E-state index in [1.54, 1.807) is 0 Å². The molecule has 4 nitrogen and oxygen atoms in total. The zero-order chi connectivity index (χ0) is 8.01. The van der Waals surface area contributed by atoms with Crippen LogP contribution in [-0.2, 0) is 9.59 Å². The van der Waals surface area contributed by atoms with E-state index >= 15 is 0 Å². The number of hydrogen-bond donors (Lipinski definition) is 1. The second-order valence-corrected chi connectivity index (χ2v) is 3.29. The predicted octanol–water partition coefficient (Wildman–Crippen LogP) is -0.758. The van der Waals surface area contributed by atoms with Crippen LogP contribution in [0.5, 0.6) is 0 Å². The minimum absolute atomic E-state index is 0. The number of hydrogen-bond acceptors (Lipinski definition) is 3. The Kier molecular flexibility index (Phi) is 2.39. The van der Waals surface area contributed by atoms with Gasteiger partial charge in [0.25, 0.3) is 0 Å². The van der Waals surface area contributed by atoms with Crippen LogP contribution in [0.4, 0.5) is 0 Å². The highest BCUT2D eigenvalue weighted by Gasteiger charge is 2.46. The van der Waals surface area contributed by atoms with E-state index in [1.807, 2.05) is 11.9 Å². The molecule has 2 saturated heterocycles. The minimum atomic E-state index is -0.0932. The number of fused-ring (bicyclic) bond motifs is 1. The highest BCUT2D eigenvalue weighted by atomic mass is 35.5. The number of nitrogens with zero attached hydrogens (tertiary/aromatic N) is 1. The Morgan fingerprint density at radius 3 is 2.08 bits per heavy atom. The largest absolute Gasteiger partial charge is 0.305 e. The average molecular weight is 191 g/mol. The normalized spacial score (nSPS) is 34.4. The van der Waals surface area contributed by atoms with Crippen molar-refractivity contribution in [1.29, 1.82) is 0 Å². The number of nitrogens with one attached hydrogen (secondary N) is 1. The quantitative estimate of drug-likeness (QED) is 0.511. The molecule has 0 aromatic rings.